The van der Waals surface area contributed by atoms with E-state index in [-0.39, 0.29) is 12.3 Å². The predicted molar refractivity (Wildman–Crippen MR) is 73.0 cm³/mol. The smallest absolute Gasteiger partial charge is 0.276 e. The SMILES string of the molecule is O=[N+]([O-])c1cccc(Cl)c1COCc1ccccc1. The molecule has 0 spiro atoms. The Morgan fingerprint density at radius 2 is 1.79 bits per heavy atom. The quantitative estimate of drug-likeness (QED) is 0.614. The van der Waals surface area contributed by atoms with Crippen LogP contribution in [0.1, 0.15) is 11.1 Å². The van der Waals surface area contributed by atoms with E-state index in [0.717, 1.165) is 5.56 Å². The Morgan fingerprint density at radius 3 is 2.47 bits per heavy atom. The van der Waals surface area contributed by atoms with Crippen molar-refractivity contribution in [3.8, 4) is 0 Å². The lowest BCUT2D eigenvalue weighted by Gasteiger charge is -2.07. The van der Waals surface area contributed by atoms with Gasteiger partial charge in [-0.1, -0.05) is 48.0 Å². The van der Waals surface area contributed by atoms with Crippen molar-refractivity contribution in [2.45, 2.75) is 13.2 Å². The summed E-state index contributed by atoms with van der Waals surface area (Å²) in [6.07, 6.45) is 0. The first-order valence-corrected chi connectivity index (χ1v) is 6.09. The maximum absolute atomic E-state index is 10.9. The summed E-state index contributed by atoms with van der Waals surface area (Å²) in [5.41, 5.74) is 1.41. The Balaban J connectivity index is 2.05. The monoisotopic (exact) mass is 277 g/mol. The summed E-state index contributed by atoms with van der Waals surface area (Å²) in [7, 11) is 0. The zero-order valence-corrected chi connectivity index (χ0v) is 10.8. The first-order chi connectivity index (χ1) is 9.18. The molecule has 5 heteroatoms. The number of ether oxygens (including phenoxy) is 1. The highest BCUT2D eigenvalue weighted by Crippen LogP contribution is 2.27. The third-order valence-corrected chi connectivity index (χ3v) is 3.00. The Kier molecular flexibility index (Phi) is 4.49. The third-order valence-electron chi connectivity index (χ3n) is 2.65. The second kappa shape index (κ2) is 6.31. The van der Waals surface area contributed by atoms with Crippen molar-refractivity contribution in [3.63, 3.8) is 0 Å². The summed E-state index contributed by atoms with van der Waals surface area (Å²) in [6, 6.07) is 14.2. The van der Waals surface area contributed by atoms with Gasteiger partial charge in [0.15, 0.2) is 0 Å². The van der Waals surface area contributed by atoms with E-state index >= 15 is 0 Å². The van der Waals surface area contributed by atoms with Gasteiger partial charge >= 0.3 is 0 Å². The number of benzene rings is 2. The molecule has 0 aliphatic carbocycles. The number of hydrogen-bond donors (Lipinski definition) is 0. The van der Waals surface area contributed by atoms with Crippen molar-refractivity contribution in [1.82, 2.24) is 0 Å². The number of hydrogen-bond acceptors (Lipinski definition) is 3. The zero-order chi connectivity index (χ0) is 13.7. The van der Waals surface area contributed by atoms with Crippen molar-refractivity contribution >= 4 is 17.3 Å². The van der Waals surface area contributed by atoms with E-state index in [1.807, 2.05) is 30.3 Å². The van der Waals surface area contributed by atoms with Crippen molar-refractivity contribution in [2.24, 2.45) is 0 Å². The first-order valence-electron chi connectivity index (χ1n) is 5.72. The molecule has 0 fully saturated rings. The number of nitrogens with zero attached hydrogens (tertiary/aromatic N) is 1. The van der Waals surface area contributed by atoms with Gasteiger partial charge in [-0.25, -0.2) is 0 Å². The molecule has 0 radical (unpaired) electrons. The Bertz CT molecular complexity index is 572. The lowest BCUT2D eigenvalue weighted by Crippen LogP contribution is -2.00. The van der Waals surface area contributed by atoms with E-state index in [1.54, 1.807) is 12.1 Å². The fraction of sp³-hybridized carbons (Fsp3) is 0.143. The van der Waals surface area contributed by atoms with Gasteiger partial charge < -0.3 is 4.74 Å². The summed E-state index contributed by atoms with van der Waals surface area (Å²) in [5, 5.41) is 11.2. The van der Waals surface area contributed by atoms with E-state index in [0.29, 0.717) is 17.2 Å². The molecule has 0 saturated carbocycles. The molecule has 0 atom stereocenters. The molecule has 2 aromatic rings. The second-order valence-corrected chi connectivity index (χ2v) is 4.38. The molecule has 0 saturated heterocycles. The molecule has 0 aliphatic heterocycles. The van der Waals surface area contributed by atoms with Gasteiger partial charge in [-0.05, 0) is 11.6 Å². The molecule has 19 heavy (non-hydrogen) atoms. The summed E-state index contributed by atoms with van der Waals surface area (Å²) in [4.78, 5) is 10.4. The van der Waals surface area contributed by atoms with Crippen molar-refractivity contribution in [3.05, 3.63) is 74.8 Å². The lowest BCUT2D eigenvalue weighted by atomic mass is 10.2. The van der Waals surface area contributed by atoms with Crippen molar-refractivity contribution < 1.29 is 9.66 Å². The van der Waals surface area contributed by atoms with Crippen LogP contribution in [0.25, 0.3) is 0 Å². The fourth-order valence-corrected chi connectivity index (χ4v) is 1.93. The van der Waals surface area contributed by atoms with Gasteiger partial charge in [-0.2, -0.15) is 0 Å². The molecule has 2 rings (SSSR count). The van der Waals surface area contributed by atoms with Crippen LogP contribution in [0.5, 0.6) is 0 Å². The lowest BCUT2D eigenvalue weighted by molar-refractivity contribution is -0.386. The number of nitro benzene ring substituents is 1. The van der Waals surface area contributed by atoms with Crippen LogP contribution >= 0.6 is 11.6 Å². The predicted octanol–water partition coefficient (Wildman–Crippen LogP) is 3.97. The van der Waals surface area contributed by atoms with Crippen LogP contribution in [0, 0.1) is 10.1 Å². The summed E-state index contributed by atoms with van der Waals surface area (Å²) < 4.78 is 5.49. The van der Waals surface area contributed by atoms with Crippen LogP contribution < -0.4 is 0 Å². The maximum atomic E-state index is 10.9. The number of halogens is 1. The van der Waals surface area contributed by atoms with Crippen molar-refractivity contribution in [1.29, 1.82) is 0 Å². The normalized spacial score (nSPS) is 10.4. The highest BCUT2D eigenvalue weighted by molar-refractivity contribution is 6.31. The molecule has 0 amide bonds. The molecule has 0 bridgehead atoms. The van der Waals surface area contributed by atoms with Gasteiger partial charge in [0.05, 0.1) is 28.7 Å². The van der Waals surface area contributed by atoms with E-state index in [1.165, 1.54) is 6.07 Å². The van der Waals surface area contributed by atoms with Crippen molar-refractivity contribution in [2.75, 3.05) is 0 Å². The molecule has 0 aliphatic rings. The highest BCUT2D eigenvalue weighted by atomic mass is 35.5. The highest BCUT2D eigenvalue weighted by Gasteiger charge is 2.16. The minimum absolute atomic E-state index is 0.0134. The van der Waals surface area contributed by atoms with Crippen LogP contribution in [0.4, 0.5) is 5.69 Å². The van der Waals surface area contributed by atoms with Crippen LogP contribution in [-0.4, -0.2) is 4.92 Å². The Labute approximate surface area is 115 Å². The molecule has 0 aromatic heterocycles. The maximum Gasteiger partial charge on any atom is 0.276 e. The van der Waals surface area contributed by atoms with Gasteiger partial charge in [-0.3, -0.25) is 10.1 Å². The van der Waals surface area contributed by atoms with Crippen LogP contribution in [0.2, 0.25) is 5.02 Å². The summed E-state index contributed by atoms with van der Waals surface area (Å²) in [5.74, 6) is 0. The van der Waals surface area contributed by atoms with E-state index < -0.39 is 4.92 Å². The largest absolute Gasteiger partial charge is 0.372 e. The molecular weight excluding hydrogens is 266 g/mol. The zero-order valence-electron chi connectivity index (χ0n) is 10.1. The summed E-state index contributed by atoms with van der Waals surface area (Å²) in [6.45, 7) is 0.508. The van der Waals surface area contributed by atoms with Gasteiger partial charge in [0.2, 0.25) is 0 Å². The van der Waals surface area contributed by atoms with Gasteiger partial charge in [-0.15, -0.1) is 0 Å². The third kappa shape index (κ3) is 3.53. The fourth-order valence-electron chi connectivity index (χ4n) is 1.71. The topological polar surface area (TPSA) is 52.4 Å². The molecule has 4 nitrogen and oxygen atoms in total. The minimum Gasteiger partial charge on any atom is -0.372 e. The second-order valence-electron chi connectivity index (χ2n) is 3.97. The van der Waals surface area contributed by atoms with Crippen LogP contribution in [0.3, 0.4) is 0 Å². The van der Waals surface area contributed by atoms with E-state index in [2.05, 4.69) is 0 Å². The van der Waals surface area contributed by atoms with Gasteiger partial charge in [0, 0.05) is 6.07 Å². The Morgan fingerprint density at radius 1 is 1.05 bits per heavy atom. The van der Waals surface area contributed by atoms with Gasteiger partial charge in [0.1, 0.15) is 0 Å². The average molecular weight is 278 g/mol. The molecule has 0 unspecified atom stereocenters. The Hall–Kier alpha value is -1.91. The number of nitro groups is 1. The van der Waals surface area contributed by atoms with Crippen LogP contribution in [0.15, 0.2) is 48.5 Å². The molecule has 0 heterocycles. The standard InChI is InChI=1S/C14H12ClNO3/c15-13-7-4-8-14(16(17)18)12(13)10-19-9-11-5-2-1-3-6-11/h1-8H,9-10H2. The average Bonchev–Trinajstić information content (AvgIpc) is 2.41. The molecule has 2 aromatic carbocycles. The molecular formula is C14H12ClNO3. The van der Waals surface area contributed by atoms with E-state index in [4.69, 9.17) is 16.3 Å². The number of rotatable bonds is 5. The molecule has 98 valence electrons. The van der Waals surface area contributed by atoms with Crippen LogP contribution in [-0.2, 0) is 18.0 Å². The molecule has 0 N–H and O–H groups in total. The van der Waals surface area contributed by atoms with E-state index in [9.17, 15) is 10.1 Å². The summed E-state index contributed by atoms with van der Waals surface area (Å²) >= 11 is 5.97. The van der Waals surface area contributed by atoms with Gasteiger partial charge in [0.25, 0.3) is 5.69 Å². The minimum atomic E-state index is -0.451. The first kappa shape index (κ1) is 13.5.